The molecule has 2 rings (SSSR count). The van der Waals surface area contributed by atoms with Crippen LogP contribution in [0.1, 0.15) is 38.2 Å². The Morgan fingerprint density at radius 3 is 2.58 bits per heavy atom. The van der Waals surface area contributed by atoms with E-state index in [0.717, 1.165) is 25.7 Å². The van der Waals surface area contributed by atoms with E-state index in [1.807, 2.05) is 6.92 Å². The lowest BCUT2D eigenvalue weighted by atomic mass is 9.88. The molecule has 3 N–H and O–H groups in total. The van der Waals surface area contributed by atoms with Crippen molar-refractivity contribution >= 4 is 40.4 Å². The van der Waals surface area contributed by atoms with Crippen molar-refractivity contribution in [2.75, 3.05) is 5.32 Å². The second-order valence-corrected chi connectivity index (χ2v) is 6.13. The molecule has 0 heterocycles. The number of hydrogen-bond acceptors (Lipinski definition) is 2. The first kappa shape index (κ1) is 14.3. The van der Waals surface area contributed by atoms with E-state index >= 15 is 0 Å². The molecule has 1 fully saturated rings. The van der Waals surface area contributed by atoms with E-state index in [9.17, 15) is 4.79 Å². The molecule has 1 aliphatic carbocycles. The molecule has 0 bridgehead atoms. The molecule has 0 atom stereocenters. The third kappa shape index (κ3) is 3.07. The Kier molecular flexibility index (Phi) is 4.11. The van der Waals surface area contributed by atoms with Crippen molar-refractivity contribution in [3.63, 3.8) is 0 Å². The summed E-state index contributed by atoms with van der Waals surface area (Å²) in [6.45, 7) is 2.01. The van der Waals surface area contributed by atoms with Crippen molar-refractivity contribution in [1.82, 2.24) is 0 Å². The van der Waals surface area contributed by atoms with Gasteiger partial charge in [-0.3, -0.25) is 4.79 Å². The molecule has 0 spiro atoms. The number of benzene rings is 1. The topological polar surface area (TPSA) is 55.1 Å². The van der Waals surface area contributed by atoms with Crippen LogP contribution in [0, 0.1) is 5.41 Å². The van der Waals surface area contributed by atoms with Crippen LogP contribution in [-0.2, 0) is 4.79 Å². The van der Waals surface area contributed by atoms with Gasteiger partial charge in [0.1, 0.15) is 4.99 Å². The maximum absolute atomic E-state index is 12.3. The highest BCUT2D eigenvalue weighted by molar-refractivity contribution is 7.80. The molecule has 102 valence electrons. The Morgan fingerprint density at radius 2 is 2.05 bits per heavy atom. The van der Waals surface area contributed by atoms with E-state index in [4.69, 9.17) is 29.6 Å². The van der Waals surface area contributed by atoms with E-state index in [2.05, 4.69) is 5.32 Å². The third-order valence-electron chi connectivity index (χ3n) is 3.76. The molecular formula is C14H17ClN2OS. The van der Waals surface area contributed by atoms with Crippen molar-refractivity contribution in [2.45, 2.75) is 32.6 Å². The largest absolute Gasteiger partial charge is 0.389 e. The summed E-state index contributed by atoms with van der Waals surface area (Å²) in [6, 6.07) is 5.18. The fraction of sp³-hybridized carbons (Fsp3) is 0.429. The molecule has 19 heavy (non-hydrogen) atoms. The first-order chi connectivity index (χ1) is 8.92. The lowest BCUT2D eigenvalue weighted by molar-refractivity contribution is -0.124. The summed E-state index contributed by atoms with van der Waals surface area (Å²) in [6.07, 6.45) is 4.08. The minimum Gasteiger partial charge on any atom is -0.389 e. The molecule has 0 unspecified atom stereocenters. The number of rotatable bonds is 3. The van der Waals surface area contributed by atoms with Crippen LogP contribution in [0.3, 0.4) is 0 Å². The molecule has 1 saturated carbocycles. The van der Waals surface area contributed by atoms with E-state index < -0.39 is 0 Å². The van der Waals surface area contributed by atoms with Crippen LogP contribution in [0.15, 0.2) is 18.2 Å². The van der Waals surface area contributed by atoms with Crippen molar-refractivity contribution in [3.8, 4) is 0 Å². The van der Waals surface area contributed by atoms with Gasteiger partial charge in [0.05, 0.1) is 10.7 Å². The summed E-state index contributed by atoms with van der Waals surface area (Å²) in [5.41, 5.74) is 6.58. The minimum atomic E-state index is -0.273. The lowest BCUT2D eigenvalue weighted by Gasteiger charge is -2.22. The lowest BCUT2D eigenvalue weighted by Crippen LogP contribution is -2.30. The Labute approximate surface area is 123 Å². The van der Waals surface area contributed by atoms with Crippen molar-refractivity contribution in [1.29, 1.82) is 0 Å². The standard InChI is InChI=1S/C14H17ClN2OS/c1-14(6-2-3-7-14)13(18)17-11-5-4-9(12(16)19)8-10(11)15/h4-5,8H,2-3,6-7H2,1H3,(H2,16,19)(H,17,18). The maximum Gasteiger partial charge on any atom is 0.230 e. The summed E-state index contributed by atoms with van der Waals surface area (Å²) in [5.74, 6) is 0.0370. The average Bonchev–Trinajstić information content (AvgIpc) is 2.80. The first-order valence-electron chi connectivity index (χ1n) is 6.33. The van der Waals surface area contributed by atoms with E-state index in [1.165, 1.54) is 0 Å². The molecule has 5 heteroatoms. The van der Waals surface area contributed by atoms with Gasteiger partial charge in [-0.25, -0.2) is 0 Å². The van der Waals surface area contributed by atoms with E-state index in [0.29, 0.717) is 21.3 Å². The predicted molar refractivity (Wildman–Crippen MR) is 82.5 cm³/mol. The second-order valence-electron chi connectivity index (χ2n) is 5.28. The second kappa shape index (κ2) is 5.47. The van der Waals surface area contributed by atoms with Crippen molar-refractivity contribution < 1.29 is 4.79 Å². The average molecular weight is 297 g/mol. The normalized spacial score (nSPS) is 17.2. The van der Waals surface area contributed by atoms with Crippen LogP contribution in [-0.4, -0.2) is 10.9 Å². The van der Waals surface area contributed by atoms with Gasteiger partial charge in [0.2, 0.25) is 5.91 Å². The van der Waals surface area contributed by atoms with Gasteiger partial charge in [-0.15, -0.1) is 0 Å². The van der Waals surface area contributed by atoms with Crippen LogP contribution in [0.2, 0.25) is 5.02 Å². The summed E-state index contributed by atoms with van der Waals surface area (Å²) < 4.78 is 0. The van der Waals surface area contributed by atoms with Crippen LogP contribution < -0.4 is 11.1 Å². The number of carbonyl (C=O) groups is 1. The monoisotopic (exact) mass is 296 g/mol. The van der Waals surface area contributed by atoms with Crippen LogP contribution in [0.4, 0.5) is 5.69 Å². The Hall–Kier alpha value is -1.13. The number of thiocarbonyl (C=S) groups is 1. The van der Waals surface area contributed by atoms with Gasteiger partial charge in [-0.1, -0.05) is 43.6 Å². The van der Waals surface area contributed by atoms with Crippen LogP contribution in [0.25, 0.3) is 0 Å². The molecule has 0 aromatic heterocycles. The Morgan fingerprint density at radius 1 is 1.42 bits per heavy atom. The highest BCUT2D eigenvalue weighted by Crippen LogP contribution is 2.39. The quantitative estimate of drug-likeness (QED) is 0.840. The predicted octanol–water partition coefficient (Wildman–Crippen LogP) is 3.49. The number of hydrogen-bond donors (Lipinski definition) is 2. The van der Waals surface area contributed by atoms with Gasteiger partial charge in [-0.05, 0) is 31.0 Å². The number of nitrogens with two attached hydrogens (primary N) is 1. The fourth-order valence-electron chi connectivity index (χ4n) is 2.43. The molecule has 0 aliphatic heterocycles. The summed E-state index contributed by atoms with van der Waals surface area (Å²) in [7, 11) is 0. The minimum absolute atomic E-state index is 0.0370. The number of nitrogens with one attached hydrogen (secondary N) is 1. The SMILES string of the molecule is CC1(C(=O)Nc2ccc(C(N)=S)cc2Cl)CCCC1. The molecule has 0 saturated heterocycles. The zero-order valence-corrected chi connectivity index (χ0v) is 12.4. The van der Waals surface area contributed by atoms with Crippen LogP contribution in [0.5, 0.6) is 0 Å². The summed E-state index contributed by atoms with van der Waals surface area (Å²) in [5, 5.41) is 3.36. The maximum atomic E-state index is 12.3. The van der Waals surface area contributed by atoms with Crippen molar-refractivity contribution in [2.24, 2.45) is 11.1 Å². The smallest absolute Gasteiger partial charge is 0.230 e. The summed E-state index contributed by atoms with van der Waals surface area (Å²) in [4.78, 5) is 12.6. The Bertz CT molecular complexity index is 524. The van der Waals surface area contributed by atoms with Crippen molar-refractivity contribution in [3.05, 3.63) is 28.8 Å². The van der Waals surface area contributed by atoms with Gasteiger partial charge in [-0.2, -0.15) is 0 Å². The van der Waals surface area contributed by atoms with Gasteiger partial charge in [0, 0.05) is 11.0 Å². The molecule has 0 radical (unpaired) electrons. The summed E-state index contributed by atoms with van der Waals surface area (Å²) >= 11 is 11.0. The van der Waals surface area contributed by atoms with Gasteiger partial charge in [0.25, 0.3) is 0 Å². The molecule has 1 aromatic rings. The highest BCUT2D eigenvalue weighted by atomic mass is 35.5. The van der Waals surface area contributed by atoms with Crippen LogP contribution >= 0.6 is 23.8 Å². The third-order valence-corrected chi connectivity index (χ3v) is 4.31. The molecule has 1 aromatic carbocycles. The fourth-order valence-corrected chi connectivity index (χ4v) is 2.78. The number of halogens is 1. The molecule has 3 nitrogen and oxygen atoms in total. The highest BCUT2D eigenvalue weighted by Gasteiger charge is 2.36. The van der Waals surface area contributed by atoms with E-state index in [-0.39, 0.29) is 11.3 Å². The number of anilines is 1. The van der Waals surface area contributed by atoms with Gasteiger partial charge >= 0.3 is 0 Å². The van der Waals surface area contributed by atoms with Gasteiger partial charge < -0.3 is 11.1 Å². The molecule has 1 aliphatic rings. The molecule has 1 amide bonds. The zero-order valence-electron chi connectivity index (χ0n) is 10.8. The first-order valence-corrected chi connectivity index (χ1v) is 7.12. The number of amides is 1. The zero-order chi connectivity index (χ0) is 14.0. The molecular weight excluding hydrogens is 280 g/mol. The van der Waals surface area contributed by atoms with E-state index in [1.54, 1.807) is 18.2 Å². The van der Waals surface area contributed by atoms with Gasteiger partial charge in [0.15, 0.2) is 0 Å². The Balaban J connectivity index is 2.15. The number of carbonyl (C=O) groups excluding carboxylic acids is 1.